The van der Waals surface area contributed by atoms with Crippen molar-refractivity contribution in [2.45, 2.75) is 31.2 Å². The number of benzene rings is 2. The van der Waals surface area contributed by atoms with Crippen LogP contribution in [0.4, 0.5) is 8.78 Å². The third-order valence-corrected chi connectivity index (χ3v) is 4.98. The van der Waals surface area contributed by atoms with Crippen molar-refractivity contribution in [1.29, 1.82) is 0 Å². The van der Waals surface area contributed by atoms with Crippen LogP contribution >= 0.6 is 0 Å². The Balaban J connectivity index is 1.82. The number of halogens is 2. The summed E-state index contributed by atoms with van der Waals surface area (Å²) in [5.74, 6) is -3.76. The van der Waals surface area contributed by atoms with E-state index >= 15 is 0 Å². The molecule has 1 amide bonds. The van der Waals surface area contributed by atoms with E-state index in [1.54, 1.807) is 37.3 Å². The number of amides is 1. The Hall–Kier alpha value is -2.76. The highest BCUT2D eigenvalue weighted by Crippen LogP contribution is 2.49. The molecular weight excluding hydrogens is 340 g/mol. The predicted octanol–water partition coefficient (Wildman–Crippen LogP) is 3.57. The first kappa shape index (κ1) is 18.0. The van der Waals surface area contributed by atoms with Crippen LogP contribution in [0.15, 0.2) is 48.5 Å². The van der Waals surface area contributed by atoms with E-state index in [1.807, 2.05) is 0 Å². The molecule has 0 spiro atoms. The molecule has 6 heteroatoms. The molecule has 0 aliphatic heterocycles. The molecule has 0 aromatic heterocycles. The third-order valence-electron chi connectivity index (χ3n) is 4.98. The molecule has 1 aliphatic carbocycles. The lowest BCUT2D eigenvalue weighted by Gasteiger charge is -2.30. The number of hydrogen-bond donors (Lipinski definition) is 2. The summed E-state index contributed by atoms with van der Waals surface area (Å²) in [6.45, 7) is 1.68. The molecule has 26 heavy (non-hydrogen) atoms. The Morgan fingerprint density at radius 1 is 1.19 bits per heavy atom. The van der Waals surface area contributed by atoms with Gasteiger partial charge in [-0.05, 0) is 48.1 Å². The summed E-state index contributed by atoms with van der Waals surface area (Å²) < 4.78 is 27.3. The summed E-state index contributed by atoms with van der Waals surface area (Å²) in [5, 5.41) is 12.4. The topological polar surface area (TPSA) is 66.4 Å². The van der Waals surface area contributed by atoms with Crippen molar-refractivity contribution in [2.75, 3.05) is 0 Å². The van der Waals surface area contributed by atoms with E-state index < -0.39 is 40.9 Å². The fourth-order valence-corrected chi connectivity index (χ4v) is 3.35. The van der Waals surface area contributed by atoms with Gasteiger partial charge >= 0.3 is 5.97 Å². The van der Waals surface area contributed by atoms with Gasteiger partial charge in [0.05, 0.1) is 0 Å². The third kappa shape index (κ3) is 3.19. The van der Waals surface area contributed by atoms with E-state index in [1.165, 1.54) is 0 Å². The van der Waals surface area contributed by atoms with Crippen molar-refractivity contribution in [2.24, 2.45) is 5.92 Å². The summed E-state index contributed by atoms with van der Waals surface area (Å²) in [6, 6.07) is 11.6. The molecule has 1 aliphatic rings. The molecular formula is C20H19F2NO3. The molecule has 3 unspecified atom stereocenters. The van der Waals surface area contributed by atoms with Gasteiger partial charge in [0, 0.05) is 5.92 Å². The van der Waals surface area contributed by atoms with Crippen LogP contribution in [0.1, 0.15) is 36.8 Å². The molecule has 2 aromatic rings. The zero-order chi connectivity index (χ0) is 18.9. The normalized spacial score (nSPS) is 20.9. The van der Waals surface area contributed by atoms with Crippen LogP contribution in [0, 0.1) is 17.6 Å². The molecule has 0 saturated heterocycles. The number of hydrogen-bond acceptors (Lipinski definition) is 2. The van der Waals surface area contributed by atoms with Crippen LogP contribution in [0.25, 0.3) is 0 Å². The number of carboxylic acids is 1. The fourth-order valence-electron chi connectivity index (χ4n) is 3.35. The molecule has 1 fully saturated rings. The van der Waals surface area contributed by atoms with E-state index in [9.17, 15) is 23.5 Å². The molecule has 1 saturated carbocycles. The van der Waals surface area contributed by atoms with Crippen molar-refractivity contribution in [3.8, 4) is 0 Å². The molecule has 4 nitrogen and oxygen atoms in total. The summed E-state index contributed by atoms with van der Waals surface area (Å²) in [7, 11) is 0. The minimum Gasteiger partial charge on any atom is -0.479 e. The highest BCUT2D eigenvalue weighted by atomic mass is 19.1. The van der Waals surface area contributed by atoms with Gasteiger partial charge in [-0.1, -0.05) is 37.3 Å². The van der Waals surface area contributed by atoms with Crippen LogP contribution in [0.5, 0.6) is 0 Å². The number of rotatable bonds is 6. The predicted molar refractivity (Wildman–Crippen MR) is 91.4 cm³/mol. The van der Waals surface area contributed by atoms with Crippen molar-refractivity contribution < 1.29 is 23.5 Å². The SMILES string of the molecule is CCC(NC(=O)C1CC1c1cc(F)ccc1F)(C(=O)O)c1ccccc1. The second-order valence-corrected chi connectivity index (χ2v) is 6.53. The largest absolute Gasteiger partial charge is 0.479 e. The monoisotopic (exact) mass is 359 g/mol. The second-order valence-electron chi connectivity index (χ2n) is 6.53. The molecule has 3 rings (SSSR count). The van der Waals surface area contributed by atoms with Gasteiger partial charge in [0.15, 0.2) is 5.54 Å². The quantitative estimate of drug-likeness (QED) is 0.829. The molecule has 0 radical (unpaired) electrons. The van der Waals surface area contributed by atoms with E-state index in [-0.39, 0.29) is 12.0 Å². The lowest BCUT2D eigenvalue weighted by atomic mass is 9.87. The van der Waals surface area contributed by atoms with E-state index in [4.69, 9.17) is 0 Å². The maximum absolute atomic E-state index is 13.9. The lowest BCUT2D eigenvalue weighted by Crippen LogP contribution is -2.52. The molecule has 2 aromatic carbocycles. The molecule has 0 bridgehead atoms. The van der Waals surface area contributed by atoms with Gasteiger partial charge in [0.1, 0.15) is 11.6 Å². The zero-order valence-corrected chi connectivity index (χ0v) is 14.2. The van der Waals surface area contributed by atoms with Crippen LogP contribution < -0.4 is 5.32 Å². The first-order valence-corrected chi connectivity index (χ1v) is 8.45. The first-order chi connectivity index (χ1) is 12.4. The Bertz CT molecular complexity index is 840. The molecule has 2 N–H and O–H groups in total. The van der Waals surface area contributed by atoms with E-state index in [2.05, 4.69) is 5.32 Å². The number of carboxylic acid groups (broad SMARTS) is 1. The number of carbonyl (C=O) groups is 2. The van der Waals surface area contributed by atoms with Gasteiger partial charge in [0.25, 0.3) is 0 Å². The van der Waals surface area contributed by atoms with Crippen LogP contribution in [0.3, 0.4) is 0 Å². The van der Waals surface area contributed by atoms with Gasteiger partial charge < -0.3 is 10.4 Å². The maximum Gasteiger partial charge on any atom is 0.334 e. The smallest absolute Gasteiger partial charge is 0.334 e. The van der Waals surface area contributed by atoms with Crippen LogP contribution in [-0.2, 0) is 15.1 Å². The van der Waals surface area contributed by atoms with Crippen LogP contribution in [0.2, 0.25) is 0 Å². The lowest BCUT2D eigenvalue weighted by molar-refractivity contribution is -0.148. The number of carbonyl (C=O) groups excluding carboxylic acids is 1. The number of aliphatic carboxylic acids is 1. The average molecular weight is 359 g/mol. The Kier molecular flexibility index (Phi) is 4.76. The van der Waals surface area contributed by atoms with Gasteiger partial charge in [0.2, 0.25) is 5.91 Å². The Morgan fingerprint density at radius 2 is 1.88 bits per heavy atom. The fraction of sp³-hybridized carbons (Fsp3) is 0.300. The van der Waals surface area contributed by atoms with Gasteiger partial charge in [-0.3, -0.25) is 4.79 Å². The molecule has 3 atom stereocenters. The minimum atomic E-state index is -1.55. The first-order valence-electron chi connectivity index (χ1n) is 8.45. The van der Waals surface area contributed by atoms with Crippen LogP contribution in [-0.4, -0.2) is 17.0 Å². The second kappa shape index (κ2) is 6.86. The maximum atomic E-state index is 13.9. The van der Waals surface area contributed by atoms with Crippen molar-refractivity contribution in [1.82, 2.24) is 5.32 Å². The Morgan fingerprint density at radius 3 is 2.50 bits per heavy atom. The van der Waals surface area contributed by atoms with E-state index in [0.29, 0.717) is 12.0 Å². The highest BCUT2D eigenvalue weighted by molar-refractivity contribution is 5.91. The van der Waals surface area contributed by atoms with Gasteiger partial charge in [-0.15, -0.1) is 0 Å². The summed E-state index contributed by atoms with van der Waals surface area (Å²) in [6.07, 6.45) is 0.518. The van der Waals surface area contributed by atoms with E-state index in [0.717, 1.165) is 18.2 Å². The highest BCUT2D eigenvalue weighted by Gasteiger charge is 2.49. The number of nitrogens with one attached hydrogen (secondary N) is 1. The average Bonchev–Trinajstić information content (AvgIpc) is 3.43. The minimum absolute atomic E-state index is 0.155. The van der Waals surface area contributed by atoms with Crippen molar-refractivity contribution in [3.05, 3.63) is 71.3 Å². The van der Waals surface area contributed by atoms with Crippen molar-refractivity contribution in [3.63, 3.8) is 0 Å². The Labute approximate surface area is 149 Å². The zero-order valence-electron chi connectivity index (χ0n) is 14.2. The standard InChI is InChI=1S/C20H19F2NO3/c1-2-20(19(25)26,12-6-4-3-5-7-12)23-18(24)16-11-14(16)15-10-13(21)8-9-17(15)22/h3-10,14,16H,2,11H2,1H3,(H,23,24)(H,25,26). The van der Waals surface area contributed by atoms with Gasteiger partial charge in [-0.2, -0.15) is 0 Å². The summed E-state index contributed by atoms with van der Waals surface area (Å²) in [5.41, 5.74) is -0.925. The summed E-state index contributed by atoms with van der Waals surface area (Å²) >= 11 is 0. The molecule has 136 valence electrons. The molecule has 0 heterocycles. The van der Waals surface area contributed by atoms with Crippen molar-refractivity contribution >= 4 is 11.9 Å². The summed E-state index contributed by atoms with van der Waals surface area (Å²) in [4.78, 5) is 24.6. The van der Waals surface area contributed by atoms with Gasteiger partial charge in [-0.25, -0.2) is 13.6 Å².